The molecule has 6 heteroatoms. The third kappa shape index (κ3) is 1.33. The molecule has 1 aromatic heterocycles. The van der Waals surface area contributed by atoms with Crippen molar-refractivity contribution in [2.24, 2.45) is 0 Å². The number of H-pyrrole nitrogens is 1. The van der Waals surface area contributed by atoms with Crippen molar-refractivity contribution < 1.29 is 4.92 Å². The highest BCUT2D eigenvalue weighted by Crippen LogP contribution is 2.19. The van der Waals surface area contributed by atoms with E-state index < -0.39 is 4.92 Å². The fourth-order valence-corrected chi connectivity index (χ4v) is 1.23. The van der Waals surface area contributed by atoms with Crippen molar-refractivity contribution in [1.29, 1.82) is 0 Å². The Morgan fingerprint density at radius 3 is 3.00 bits per heavy atom. The molecular formula is C7H4ClN3O2. The van der Waals surface area contributed by atoms with Gasteiger partial charge in [0.25, 0.3) is 0 Å². The zero-order chi connectivity index (χ0) is 9.42. The summed E-state index contributed by atoms with van der Waals surface area (Å²) in [5, 5.41) is 10.9. The van der Waals surface area contributed by atoms with Gasteiger partial charge >= 0.3 is 5.95 Å². The number of fused-ring (bicyclic) bond motifs is 1. The first-order valence-corrected chi connectivity index (χ1v) is 3.84. The van der Waals surface area contributed by atoms with E-state index in [0.29, 0.717) is 16.1 Å². The van der Waals surface area contributed by atoms with E-state index in [9.17, 15) is 10.1 Å². The van der Waals surface area contributed by atoms with Crippen LogP contribution >= 0.6 is 11.6 Å². The molecule has 0 fully saturated rings. The summed E-state index contributed by atoms with van der Waals surface area (Å²) in [4.78, 5) is 16.0. The van der Waals surface area contributed by atoms with Gasteiger partial charge in [-0.25, -0.2) is 4.98 Å². The van der Waals surface area contributed by atoms with Crippen molar-refractivity contribution in [2.45, 2.75) is 0 Å². The van der Waals surface area contributed by atoms with Gasteiger partial charge in [-0.05, 0) is 23.1 Å². The topological polar surface area (TPSA) is 71.8 Å². The van der Waals surface area contributed by atoms with E-state index in [1.807, 2.05) is 0 Å². The zero-order valence-electron chi connectivity index (χ0n) is 6.32. The number of hydrogen-bond donors (Lipinski definition) is 1. The first-order chi connectivity index (χ1) is 6.16. The molecule has 5 nitrogen and oxygen atoms in total. The average Bonchev–Trinajstić information content (AvgIpc) is 2.46. The molecular weight excluding hydrogens is 194 g/mol. The summed E-state index contributed by atoms with van der Waals surface area (Å²) in [6, 6.07) is 4.85. The lowest BCUT2D eigenvalue weighted by molar-refractivity contribution is -0.393. The summed E-state index contributed by atoms with van der Waals surface area (Å²) in [6.45, 7) is 0. The maximum Gasteiger partial charge on any atom is 0.433 e. The lowest BCUT2D eigenvalue weighted by Crippen LogP contribution is -1.88. The van der Waals surface area contributed by atoms with Gasteiger partial charge in [-0.15, -0.1) is 0 Å². The predicted octanol–water partition coefficient (Wildman–Crippen LogP) is 2.12. The maximum atomic E-state index is 10.3. The summed E-state index contributed by atoms with van der Waals surface area (Å²) in [6.07, 6.45) is 0. The monoisotopic (exact) mass is 197 g/mol. The van der Waals surface area contributed by atoms with Crippen LogP contribution in [0, 0.1) is 10.1 Å². The smallest absolute Gasteiger partial charge is 0.390 e. The number of nitro groups is 1. The van der Waals surface area contributed by atoms with E-state index in [2.05, 4.69) is 9.97 Å². The molecule has 2 aromatic rings. The average molecular weight is 198 g/mol. The van der Waals surface area contributed by atoms with Gasteiger partial charge in [0.05, 0.1) is 0 Å². The van der Waals surface area contributed by atoms with Crippen molar-refractivity contribution in [3.63, 3.8) is 0 Å². The van der Waals surface area contributed by atoms with E-state index >= 15 is 0 Å². The standard InChI is InChI=1S/C7H4ClN3O2/c8-4-1-2-5-6(3-4)10-7(9-5)11(12)13/h1-3H,(H,9,10). The summed E-state index contributed by atoms with van der Waals surface area (Å²) >= 11 is 5.69. The Kier molecular flexibility index (Phi) is 1.66. The molecule has 2 rings (SSSR count). The third-order valence-corrected chi connectivity index (χ3v) is 1.84. The Labute approximate surface area is 77.5 Å². The molecule has 0 atom stereocenters. The Hall–Kier alpha value is -1.62. The van der Waals surface area contributed by atoms with Crippen LogP contribution in [-0.2, 0) is 0 Å². The Morgan fingerprint density at radius 2 is 2.31 bits per heavy atom. The molecule has 0 saturated carbocycles. The predicted molar refractivity (Wildman–Crippen MR) is 47.8 cm³/mol. The second kappa shape index (κ2) is 2.70. The summed E-state index contributed by atoms with van der Waals surface area (Å²) < 4.78 is 0. The Bertz CT molecular complexity index is 480. The van der Waals surface area contributed by atoms with Crippen molar-refractivity contribution >= 4 is 28.6 Å². The Balaban J connectivity index is 2.68. The van der Waals surface area contributed by atoms with Gasteiger partial charge in [0.15, 0.2) is 5.52 Å². The number of aromatic nitrogens is 2. The van der Waals surface area contributed by atoms with Gasteiger partial charge in [0.1, 0.15) is 5.52 Å². The van der Waals surface area contributed by atoms with Gasteiger partial charge in [0, 0.05) is 5.02 Å². The second-order valence-electron chi connectivity index (χ2n) is 2.48. The normalized spacial score (nSPS) is 10.5. The van der Waals surface area contributed by atoms with E-state index in [0.717, 1.165) is 0 Å². The summed E-state index contributed by atoms with van der Waals surface area (Å²) in [5.41, 5.74) is 1.11. The van der Waals surface area contributed by atoms with Gasteiger partial charge in [-0.2, -0.15) is 0 Å². The van der Waals surface area contributed by atoms with Crippen LogP contribution in [0.3, 0.4) is 0 Å². The molecule has 1 aromatic carbocycles. The molecule has 13 heavy (non-hydrogen) atoms. The minimum atomic E-state index is -0.575. The molecule has 0 spiro atoms. The molecule has 66 valence electrons. The van der Waals surface area contributed by atoms with Gasteiger partial charge in [0.2, 0.25) is 0 Å². The van der Waals surface area contributed by atoms with Crippen LogP contribution < -0.4 is 0 Å². The number of imidazole rings is 1. The van der Waals surface area contributed by atoms with Gasteiger partial charge < -0.3 is 10.1 Å². The van der Waals surface area contributed by atoms with Crippen LogP contribution in [0.25, 0.3) is 11.0 Å². The first kappa shape index (κ1) is 8.00. The Morgan fingerprint density at radius 1 is 1.54 bits per heavy atom. The molecule has 0 bridgehead atoms. The SMILES string of the molecule is O=[N+]([O-])c1nc2ccc(Cl)cc2[nH]1. The van der Waals surface area contributed by atoms with E-state index in [1.165, 1.54) is 0 Å². The molecule has 0 aliphatic heterocycles. The number of aromatic amines is 1. The van der Waals surface area contributed by atoms with Crippen molar-refractivity contribution in [3.8, 4) is 0 Å². The molecule has 0 aliphatic rings. The minimum absolute atomic E-state index is 0.266. The number of hydrogen-bond acceptors (Lipinski definition) is 3. The van der Waals surface area contributed by atoms with Crippen LogP contribution in [-0.4, -0.2) is 14.9 Å². The van der Waals surface area contributed by atoms with Crippen molar-refractivity contribution in [2.75, 3.05) is 0 Å². The second-order valence-corrected chi connectivity index (χ2v) is 2.92. The number of rotatable bonds is 1. The highest BCUT2D eigenvalue weighted by atomic mass is 35.5. The van der Waals surface area contributed by atoms with Crippen LogP contribution in [0.1, 0.15) is 0 Å². The van der Waals surface area contributed by atoms with Gasteiger partial charge in [-0.3, -0.25) is 0 Å². The number of benzene rings is 1. The highest BCUT2D eigenvalue weighted by molar-refractivity contribution is 6.31. The van der Waals surface area contributed by atoms with E-state index in [-0.39, 0.29) is 5.95 Å². The first-order valence-electron chi connectivity index (χ1n) is 3.46. The molecule has 0 aliphatic carbocycles. The maximum absolute atomic E-state index is 10.3. The summed E-state index contributed by atoms with van der Waals surface area (Å²) in [7, 11) is 0. The number of halogens is 1. The molecule has 0 saturated heterocycles. The van der Waals surface area contributed by atoms with E-state index in [1.54, 1.807) is 18.2 Å². The summed E-state index contributed by atoms with van der Waals surface area (Å²) in [5.74, 6) is -0.266. The number of nitrogens with one attached hydrogen (secondary N) is 1. The third-order valence-electron chi connectivity index (χ3n) is 1.60. The number of nitrogens with zero attached hydrogens (tertiary/aromatic N) is 2. The molecule has 0 unspecified atom stereocenters. The molecule has 1 heterocycles. The lowest BCUT2D eigenvalue weighted by atomic mass is 10.3. The fourth-order valence-electron chi connectivity index (χ4n) is 1.05. The van der Waals surface area contributed by atoms with E-state index in [4.69, 9.17) is 11.6 Å². The van der Waals surface area contributed by atoms with Crippen LogP contribution in [0.15, 0.2) is 18.2 Å². The molecule has 0 radical (unpaired) electrons. The lowest BCUT2D eigenvalue weighted by Gasteiger charge is -1.85. The van der Waals surface area contributed by atoms with Crippen LogP contribution in [0.2, 0.25) is 5.02 Å². The van der Waals surface area contributed by atoms with Crippen LogP contribution in [0.4, 0.5) is 5.95 Å². The van der Waals surface area contributed by atoms with Gasteiger partial charge in [-0.1, -0.05) is 16.6 Å². The highest BCUT2D eigenvalue weighted by Gasteiger charge is 2.12. The largest absolute Gasteiger partial charge is 0.433 e. The quantitative estimate of drug-likeness (QED) is 0.562. The van der Waals surface area contributed by atoms with Crippen molar-refractivity contribution in [1.82, 2.24) is 9.97 Å². The van der Waals surface area contributed by atoms with Crippen LogP contribution in [0.5, 0.6) is 0 Å². The molecule has 1 N–H and O–H groups in total. The molecule has 0 amide bonds. The zero-order valence-corrected chi connectivity index (χ0v) is 7.08. The van der Waals surface area contributed by atoms with Crippen molar-refractivity contribution in [3.05, 3.63) is 33.3 Å². The minimum Gasteiger partial charge on any atom is -0.390 e. The fraction of sp³-hybridized carbons (Fsp3) is 0.